The van der Waals surface area contributed by atoms with Gasteiger partial charge in [-0.3, -0.25) is 4.79 Å². The van der Waals surface area contributed by atoms with Crippen molar-refractivity contribution in [2.24, 2.45) is 0 Å². The fraction of sp³-hybridized carbons (Fsp3) is 0.444. The van der Waals surface area contributed by atoms with Gasteiger partial charge in [-0.2, -0.15) is 0 Å². The molecule has 7 rings (SSSR count). The number of rotatable bonds is 5. The number of anilines is 1. The number of carbonyl (C=O) groups excluding carboxylic acids is 1. The maximum absolute atomic E-state index is 13.7. The van der Waals surface area contributed by atoms with E-state index in [1.807, 2.05) is 23.1 Å². The van der Waals surface area contributed by atoms with E-state index in [1.54, 1.807) is 18.3 Å². The van der Waals surface area contributed by atoms with Crippen LogP contribution in [0.4, 0.5) is 10.1 Å². The van der Waals surface area contributed by atoms with E-state index in [0.717, 1.165) is 23.6 Å². The van der Waals surface area contributed by atoms with Crippen LogP contribution in [-0.4, -0.2) is 92.9 Å². The number of halogens is 1. The molecule has 2 N–H and O–H groups in total. The molecule has 0 saturated carbocycles. The fourth-order valence-corrected chi connectivity index (χ4v) is 6.25. The Hall–Kier alpha value is -3.74. The van der Waals surface area contributed by atoms with Crippen molar-refractivity contribution in [3.8, 4) is 22.8 Å². The zero-order valence-electron chi connectivity index (χ0n) is 21.0. The molecule has 4 aliphatic rings. The van der Waals surface area contributed by atoms with Crippen molar-refractivity contribution in [3.63, 3.8) is 0 Å². The summed E-state index contributed by atoms with van der Waals surface area (Å²) in [4.78, 5) is 17.9. The first-order chi connectivity index (χ1) is 19.0. The molecule has 1 aromatic heterocycles. The number of aromatic nitrogens is 3. The maximum Gasteiger partial charge on any atom is 0.252 e. The number of aliphatic hydroxyl groups is 2. The lowest BCUT2D eigenvalue weighted by Gasteiger charge is -2.41. The molecule has 39 heavy (non-hydrogen) atoms. The second kappa shape index (κ2) is 9.47. The highest BCUT2D eigenvalue weighted by molar-refractivity contribution is 5.82. The smallest absolute Gasteiger partial charge is 0.252 e. The van der Waals surface area contributed by atoms with Crippen LogP contribution in [0.5, 0.6) is 11.5 Å². The predicted octanol–water partition coefficient (Wildman–Crippen LogP) is 1.35. The van der Waals surface area contributed by atoms with Gasteiger partial charge >= 0.3 is 0 Å². The van der Waals surface area contributed by atoms with Crippen LogP contribution in [0.15, 0.2) is 48.7 Å². The van der Waals surface area contributed by atoms with E-state index >= 15 is 0 Å². The minimum absolute atomic E-state index is 0.0281. The van der Waals surface area contributed by atoms with E-state index in [9.17, 15) is 19.4 Å². The van der Waals surface area contributed by atoms with Crippen molar-refractivity contribution in [1.29, 1.82) is 0 Å². The summed E-state index contributed by atoms with van der Waals surface area (Å²) in [5.74, 6) is 0.914. The first-order valence-corrected chi connectivity index (χ1v) is 13.1. The van der Waals surface area contributed by atoms with E-state index < -0.39 is 36.8 Å². The quantitative estimate of drug-likeness (QED) is 0.497. The van der Waals surface area contributed by atoms with Gasteiger partial charge in [0.1, 0.15) is 29.8 Å². The molecule has 2 aromatic carbocycles. The zero-order chi connectivity index (χ0) is 26.7. The van der Waals surface area contributed by atoms with Gasteiger partial charge in [0.25, 0.3) is 5.91 Å². The van der Waals surface area contributed by atoms with Crippen LogP contribution in [0.3, 0.4) is 0 Å². The van der Waals surface area contributed by atoms with Crippen LogP contribution in [0, 0.1) is 5.82 Å². The van der Waals surface area contributed by atoms with E-state index in [4.69, 9.17) is 14.2 Å². The van der Waals surface area contributed by atoms with Gasteiger partial charge in [0.05, 0.1) is 24.9 Å². The average molecular weight is 538 g/mol. The lowest BCUT2D eigenvalue weighted by atomic mass is 9.94. The minimum atomic E-state index is -1.10. The second-order valence-electron chi connectivity index (χ2n) is 10.5. The molecule has 12 heteroatoms. The predicted molar refractivity (Wildman–Crippen MR) is 135 cm³/mol. The summed E-state index contributed by atoms with van der Waals surface area (Å²) >= 11 is 0. The Balaban J connectivity index is 1.07. The zero-order valence-corrected chi connectivity index (χ0v) is 21.0. The fourth-order valence-electron chi connectivity index (χ4n) is 6.25. The molecule has 3 aromatic rings. The molecular weight excluding hydrogens is 509 g/mol. The van der Waals surface area contributed by atoms with Crippen molar-refractivity contribution in [2.75, 3.05) is 31.4 Å². The Labute approximate surface area is 223 Å². The lowest BCUT2D eigenvalue weighted by molar-refractivity contribution is -0.179. The highest BCUT2D eigenvalue weighted by Gasteiger charge is 2.49. The van der Waals surface area contributed by atoms with Crippen LogP contribution in [0.1, 0.15) is 18.9 Å². The number of benzene rings is 2. The molecule has 0 unspecified atom stereocenters. The number of fused-ring (bicyclic) bond motifs is 3. The van der Waals surface area contributed by atoms with Gasteiger partial charge in [0.15, 0.2) is 11.5 Å². The number of ether oxygens (including phenoxy) is 3. The molecular formula is C27H28FN5O6. The van der Waals surface area contributed by atoms with Gasteiger partial charge in [-0.15, -0.1) is 5.10 Å². The number of amides is 1. The van der Waals surface area contributed by atoms with Crippen LogP contribution in [-0.2, 0) is 9.53 Å². The molecule has 4 aliphatic heterocycles. The summed E-state index contributed by atoms with van der Waals surface area (Å²) in [6.45, 7) is 1.02. The number of hydrogen-bond acceptors (Lipinski definition) is 9. The maximum atomic E-state index is 13.7. The third kappa shape index (κ3) is 4.19. The molecule has 11 nitrogen and oxygen atoms in total. The standard InChI is InChI=1S/C27H28FN5O6/c28-16-3-1-2-15(6-16)20-12-33(30-29-20)21-9-24(39-25(13-34)26(21)35)27(36)32-11-18-7-19(32)10-31(18)17-4-5-22-23(8-17)38-14-37-22/h1-6,8,12,18-19,21,24-26,34-35H,7,9-11,13-14H2/t18-,19-,21+,24+,25+,26+/m0/s1. The van der Waals surface area contributed by atoms with Gasteiger partial charge in [-0.25, -0.2) is 9.07 Å². The molecule has 204 valence electrons. The van der Waals surface area contributed by atoms with Gasteiger partial charge in [0, 0.05) is 42.9 Å². The van der Waals surface area contributed by atoms with Crippen LogP contribution in [0.2, 0.25) is 0 Å². The van der Waals surface area contributed by atoms with Crippen molar-refractivity contribution in [2.45, 2.75) is 49.3 Å². The molecule has 0 spiro atoms. The summed E-state index contributed by atoms with van der Waals surface area (Å²) < 4.78 is 32.0. The molecule has 5 heterocycles. The molecule has 3 saturated heterocycles. The van der Waals surface area contributed by atoms with Crippen LogP contribution in [0.25, 0.3) is 11.3 Å². The minimum Gasteiger partial charge on any atom is -0.454 e. The van der Waals surface area contributed by atoms with Crippen LogP contribution < -0.4 is 14.4 Å². The number of nitrogens with zero attached hydrogens (tertiary/aromatic N) is 5. The number of aliphatic hydroxyl groups excluding tert-OH is 2. The summed E-state index contributed by atoms with van der Waals surface area (Å²) in [5.41, 5.74) is 2.03. The Morgan fingerprint density at radius 1 is 1.08 bits per heavy atom. The Morgan fingerprint density at radius 2 is 1.95 bits per heavy atom. The van der Waals surface area contributed by atoms with Gasteiger partial charge < -0.3 is 34.2 Å². The van der Waals surface area contributed by atoms with Gasteiger partial charge in [-0.1, -0.05) is 17.3 Å². The lowest BCUT2D eigenvalue weighted by Crippen LogP contribution is -2.56. The normalized spacial score (nSPS) is 29.3. The Morgan fingerprint density at radius 3 is 2.74 bits per heavy atom. The Kier molecular flexibility index (Phi) is 5.90. The van der Waals surface area contributed by atoms with Gasteiger partial charge in [0.2, 0.25) is 6.79 Å². The molecule has 3 fully saturated rings. The summed E-state index contributed by atoms with van der Waals surface area (Å²) in [7, 11) is 0. The van der Waals surface area contributed by atoms with E-state index in [0.29, 0.717) is 24.3 Å². The number of carbonyl (C=O) groups is 1. The van der Waals surface area contributed by atoms with Crippen molar-refractivity contribution in [3.05, 3.63) is 54.5 Å². The topological polar surface area (TPSA) is 122 Å². The van der Waals surface area contributed by atoms with E-state index in [1.165, 1.54) is 16.8 Å². The molecule has 2 bridgehead atoms. The van der Waals surface area contributed by atoms with E-state index in [2.05, 4.69) is 15.2 Å². The first kappa shape index (κ1) is 24.3. The first-order valence-electron chi connectivity index (χ1n) is 13.1. The third-order valence-electron chi connectivity index (χ3n) is 8.21. The summed E-state index contributed by atoms with van der Waals surface area (Å²) in [5, 5.41) is 29.1. The molecule has 0 radical (unpaired) electrons. The van der Waals surface area contributed by atoms with Crippen molar-refractivity contribution in [1.82, 2.24) is 19.9 Å². The number of likely N-dealkylation sites (tertiary alicyclic amines) is 1. The Bertz CT molecular complexity index is 1400. The molecule has 6 atom stereocenters. The summed E-state index contributed by atoms with van der Waals surface area (Å²) in [6.07, 6.45) is -0.270. The van der Waals surface area contributed by atoms with Crippen LogP contribution >= 0.6 is 0 Å². The van der Waals surface area contributed by atoms with Crippen molar-refractivity contribution < 1.29 is 33.6 Å². The summed E-state index contributed by atoms with van der Waals surface area (Å²) in [6, 6.07) is 11.5. The number of piperazine rings is 1. The largest absolute Gasteiger partial charge is 0.454 e. The third-order valence-corrected chi connectivity index (χ3v) is 8.21. The highest BCUT2D eigenvalue weighted by atomic mass is 19.1. The average Bonchev–Trinajstić information content (AvgIpc) is 3.76. The monoisotopic (exact) mass is 537 g/mol. The SMILES string of the molecule is O=C([C@H]1C[C@@H](n2cc(-c3cccc(F)c3)nn2)[C@@H](O)[C@@H](CO)O1)N1C[C@@H]2C[C@H]1CN2c1ccc2c(c1)OCO2. The molecule has 1 amide bonds. The van der Waals surface area contributed by atoms with E-state index in [-0.39, 0.29) is 31.2 Å². The van der Waals surface area contributed by atoms with Gasteiger partial charge in [-0.05, 0) is 30.7 Å². The highest BCUT2D eigenvalue weighted by Crippen LogP contribution is 2.41. The molecule has 0 aliphatic carbocycles. The van der Waals surface area contributed by atoms with Crippen molar-refractivity contribution >= 4 is 11.6 Å². The second-order valence-corrected chi connectivity index (χ2v) is 10.5. The number of hydrogen-bond donors (Lipinski definition) is 2.